The van der Waals surface area contributed by atoms with Gasteiger partial charge in [-0.15, -0.1) is 0 Å². The number of nitrogens with zero attached hydrogens (tertiary/aromatic N) is 2. The van der Waals surface area contributed by atoms with Gasteiger partial charge in [-0.05, 0) is 43.7 Å². The molecule has 5 nitrogen and oxygen atoms in total. The number of carbonyl (C=O) groups is 1. The molecule has 0 atom stereocenters. The summed E-state index contributed by atoms with van der Waals surface area (Å²) in [5.74, 6) is -0.315. The molecule has 2 aromatic carbocycles. The molecule has 1 aromatic heterocycles. The van der Waals surface area contributed by atoms with Crippen LogP contribution in [0.5, 0.6) is 0 Å². The average Bonchev–Trinajstić information content (AvgIpc) is 3.00. The van der Waals surface area contributed by atoms with Gasteiger partial charge >= 0.3 is 0 Å². The fraction of sp³-hybridized carbons (Fsp3) is 0.200. The van der Waals surface area contributed by atoms with Crippen molar-refractivity contribution in [1.29, 1.82) is 0 Å². The molecule has 0 spiro atoms. The van der Waals surface area contributed by atoms with Gasteiger partial charge in [-0.3, -0.25) is 10.2 Å². The van der Waals surface area contributed by atoms with Gasteiger partial charge in [0.1, 0.15) is 0 Å². The van der Waals surface area contributed by atoms with Crippen LogP contribution in [0.3, 0.4) is 0 Å². The van der Waals surface area contributed by atoms with Gasteiger partial charge in [0.05, 0.1) is 16.4 Å². The first-order chi connectivity index (χ1) is 13.4. The van der Waals surface area contributed by atoms with Crippen molar-refractivity contribution in [3.05, 3.63) is 68.8 Å². The molecule has 0 bridgehead atoms. The molecule has 0 fully saturated rings. The molecule has 1 heterocycles. The van der Waals surface area contributed by atoms with Crippen LogP contribution in [0.2, 0.25) is 15.1 Å². The second-order valence-corrected chi connectivity index (χ2v) is 7.50. The normalized spacial score (nSPS) is 10.9. The van der Waals surface area contributed by atoms with Gasteiger partial charge in [0.2, 0.25) is 0 Å². The van der Waals surface area contributed by atoms with Crippen molar-refractivity contribution in [1.82, 2.24) is 20.6 Å². The van der Waals surface area contributed by atoms with Gasteiger partial charge in [-0.2, -0.15) is 5.10 Å². The van der Waals surface area contributed by atoms with E-state index in [1.807, 2.05) is 26.0 Å². The Balaban J connectivity index is 2.15. The van der Waals surface area contributed by atoms with Gasteiger partial charge < -0.3 is 0 Å². The molecule has 2 N–H and O–H groups in total. The molecular formula is C20H19Cl3N4O. The largest absolute Gasteiger partial charge is 0.286 e. The summed E-state index contributed by atoms with van der Waals surface area (Å²) >= 11 is 18.5. The highest BCUT2D eigenvalue weighted by atomic mass is 35.5. The lowest BCUT2D eigenvalue weighted by molar-refractivity contribution is 0.0927. The van der Waals surface area contributed by atoms with Crippen molar-refractivity contribution in [2.24, 2.45) is 0 Å². The number of carbonyl (C=O) groups excluding carboxylic acids is 1. The number of hydrogen-bond acceptors (Lipinski definition) is 3. The van der Waals surface area contributed by atoms with Crippen LogP contribution in [-0.4, -0.2) is 22.2 Å². The maximum absolute atomic E-state index is 12.6. The Morgan fingerprint density at radius 3 is 2.39 bits per heavy atom. The van der Waals surface area contributed by atoms with E-state index in [1.165, 1.54) is 0 Å². The Kier molecular flexibility index (Phi) is 6.62. The Hall–Kier alpha value is -2.05. The molecule has 3 aromatic rings. The first kappa shape index (κ1) is 20.7. The summed E-state index contributed by atoms with van der Waals surface area (Å²) in [4.78, 5) is 12.6. The summed E-state index contributed by atoms with van der Waals surface area (Å²) in [5, 5.41) is 6.13. The van der Waals surface area contributed by atoms with E-state index in [1.54, 1.807) is 35.0 Å². The van der Waals surface area contributed by atoms with Crippen LogP contribution in [0.1, 0.15) is 29.4 Å². The standard InChI is InChI=1S/C20H19Cl3N4O/c1-3-10-24-25-20(28)18-12(2)19(13-4-6-14(21)7-5-13)27(26-18)17-9-8-15(22)11-16(17)23/h4-9,11,24H,3,10H2,1-2H3,(H,25,28). The third-order valence-corrected chi connectivity index (χ3v) is 4.96. The molecular weight excluding hydrogens is 419 g/mol. The maximum atomic E-state index is 12.6. The summed E-state index contributed by atoms with van der Waals surface area (Å²) in [5.41, 5.74) is 8.83. The Morgan fingerprint density at radius 1 is 1.07 bits per heavy atom. The van der Waals surface area contributed by atoms with E-state index in [0.29, 0.717) is 33.0 Å². The number of amides is 1. The van der Waals surface area contributed by atoms with Gasteiger partial charge in [0.25, 0.3) is 5.91 Å². The monoisotopic (exact) mass is 436 g/mol. The Labute approximate surface area is 178 Å². The zero-order chi connectivity index (χ0) is 20.3. The zero-order valence-electron chi connectivity index (χ0n) is 15.4. The SMILES string of the molecule is CCCNNC(=O)c1nn(-c2ccc(Cl)cc2Cl)c(-c2ccc(Cl)cc2)c1C. The summed E-state index contributed by atoms with van der Waals surface area (Å²) in [7, 11) is 0. The molecule has 8 heteroatoms. The average molecular weight is 438 g/mol. The first-order valence-electron chi connectivity index (χ1n) is 8.76. The van der Waals surface area contributed by atoms with Gasteiger partial charge in [-0.1, -0.05) is 53.9 Å². The van der Waals surface area contributed by atoms with E-state index in [0.717, 1.165) is 23.2 Å². The first-order valence-corrected chi connectivity index (χ1v) is 9.90. The quantitative estimate of drug-likeness (QED) is 0.398. The zero-order valence-corrected chi connectivity index (χ0v) is 17.7. The van der Waals surface area contributed by atoms with Crippen molar-refractivity contribution in [3.8, 4) is 16.9 Å². The van der Waals surface area contributed by atoms with Crippen LogP contribution in [0.15, 0.2) is 42.5 Å². The van der Waals surface area contributed by atoms with Crippen molar-refractivity contribution in [2.75, 3.05) is 6.54 Å². The lowest BCUT2D eigenvalue weighted by atomic mass is 10.1. The van der Waals surface area contributed by atoms with Gasteiger partial charge in [-0.25, -0.2) is 10.1 Å². The minimum atomic E-state index is -0.315. The predicted molar refractivity (Wildman–Crippen MR) is 115 cm³/mol. The minimum Gasteiger partial charge on any atom is -0.286 e. The number of nitrogens with one attached hydrogen (secondary N) is 2. The smallest absolute Gasteiger partial charge is 0.286 e. The Bertz CT molecular complexity index is 999. The number of hydrazine groups is 1. The van der Waals surface area contributed by atoms with Crippen LogP contribution in [0.25, 0.3) is 16.9 Å². The molecule has 0 aliphatic carbocycles. The fourth-order valence-corrected chi connectivity index (χ4v) is 3.43. The third-order valence-electron chi connectivity index (χ3n) is 4.17. The maximum Gasteiger partial charge on any atom is 0.286 e. The molecule has 0 unspecified atom stereocenters. The van der Waals surface area contributed by atoms with E-state index in [9.17, 15) is 4.79 Å². The van der Waals surface area contributed by atoms with Crippen LogP contribution in [0, 0.1) is 6.92 Å². The van der Waals surface area contributed by atoms with E-state index in [-0.39, 0.29) is 5.91 Å². The summed E-state index contributed by atoms with van der Waals surface area (Å²) in [6, 6.07) is 12.5. The highest BCUT2D eigenvalue weighted by molar-refractivity contribution is 6.35. The van der Waals surface area contributed by atoms with Crippen molar-refractivity contribution < 1.29 is 4.79 Å². The van der Waals surface area contributed by atoms with Crippen LogP contribution < -0.4 is 10.9 Å². The molecule has 1 amide bonds. The Morgan fingerprint density at radius 2 is 1.75 bits per heavy atom. The van der Waals surface area contributed by atoms with Crippen LogP contribution >= 0.6 is 34.8 Å². The lowest BCUT2D eigenvalue weighted by Gasteiger charge is -2.11. The van der Waals surface area contributed by atoms with Crippen LogP contribution in [0.4, 0.5) is 0 Å². The molecule has 0 radical (unpaired) electrons. The summed E-state index contributed by atoms with van der Waals surface area (Å²) in [6.45, 7) is 4.53. The minimum absolute atomic E-state index is 0.305. The molecule has 0 aliphatic heterocycles. The van der Waals surface area contributed by atoms with E-state index < -0.39 is 0 Å². The highest BCUT2D eigenvalue weighted by Crippen LogP contribution is 2.33. The number of rotatable bonds is 6. The molecule has 146 valence electrons. The number of hydrogen-bond donors (Lipinski definition) is 2. The van der Waals surface area contributed by atoms with Crippen molar-refractivity contribution >= 4 is 40.7 Å². The molecule has 28 heavy (non-hydrogen) atoms. The second-order valence-electron chi connectivity index (χ2n) is 6.22. The van der Waals surface area contributed by atoms with Crippen LogP contribution in [-0.2, 0) is 0 Å². The number of halogens is 3. The summed E-state index contributed by atoms with van der Waals surface area (Å²) < 4.78 is 1.66. The van der Waals surface area contributed by atoms with E-state index in [4.69, 9.17) is 34.8 Å². The highest BCUT2D eigenvalue weighted by Gasteiger charge is 2.23. The number of aromatic nitrogens is 2. The predicted octanol–water partition coefficient (Wildman–Crippen LogP) is 5.45. The second kappa shape index (κ2) is 8.97. The molecule has 0 saturated carbocycles. The van der Waals surface area contributed by atoms with Gasteiger partial charge in [0, 0.05) is 27.7 Å². The molecule has 3 rings (SSSR count). The van der Waals surface area contributed by atoms with Gasteiger partial charge in [0.15, 0.2) is 5.69 Å². The fourth-order valence-electron chi connectivity index (χ4n) is 2.81. The van der Waals surface area contributed by atoms with Crippen molar-refractivity contribution in [3.63, 3.8) is 0 Å². The number of benzene rings is 2. The lowest BCUT2D eigenvalue weighted by Crippen LogP contribution is -2.38. The summed E-state index contributed by atoms with van der Waals surface area (Å²) in [6.07, 6.45) is 0.893. The van der Waals surface area contributed by atoms with Crippen molar-refractivity contribution in [2.45, 2.75) is 20.3 Å². The van der Waals surface area contributed by atoms with E-state index >= 15 is 0 Å². The van der Waals surface area contributed by atoms with E-state index in [2.05, 4.69) is 16.0 Å². The molecule has 0 saturated heterocycles. The molecule has 0 aliphatic rings. The topological polar surface area (TPSA) is 58.9 Å². The third kappa shape index (κ3) is 4.33.